The Balaban J connectivity index is 1.49. The summed E-state index contributed by atoms with van der Waals surface area (Å²) < 4.78 is 5.70. The van der Waals surface area contributed by atoms with Crippen LogP contribution < -0.4 is 15.4 Å². The number of fused-ring (bicyclic) bond motifs is 2. The molecule has 0 aliphatic carbocycles. The fourth-order valence-electron chi connectivity index (χ4n) is 3.56. The molecule has 1 aromatic rings. The third-order valence-electron chi connectivity index (χ3n) is 4.89. The highest BCUT2D eigenvalue weighted by atomic mass is 16.5. The maximum Gasteiger partial charge on any atom is 0.251 e. The summed E-state index contributed by atoms with van der Waals surface area (Å²) in [6.07, 6.45) is 5.65. The summed E-state index contributed by atoms with van der Waals surface area (Å²) in [5.74, 6) is 1.51. The average Bonchev–Trinajstić information content (AvgIpc) is 2.86. The molecule has 2 bridgehead atoms. The van der Waals surface area contributed by atoms with E-state index in [4.69, 9.17) is 4.74 Å². The first-order chi connectivity index (χ1) is 11.1. The Labute approximate surface area is 139 Å². The molecule has 2 unspecified atom stereocenters. The molecule has 2 aliphatic rings. The van der Waals surface area contributed by atoms with E-state index in [0.717, 1.165) is 31.6 Å². The van der Waals surface area contributed by atoms with Crippen LogP contribution in [0.25, 0.3) is 0 Å². The number of ether oxygens (including phenoxy) is 1. The third-order valence-corrected chi connectivity index (χ3v) is 4.89. The molecular weight excluding hydrogens is 288 g/mol. The number of piperidine rings is 1. The quantitative estimate of drug-likeness (QED) is 0.848. The highest BCUT2D eigenvalue weighted by Crippen LogP contribution is 2.27. The van der Waals surface area contributed by atoms with Crippen molar-refractivity contribution in [1.29, 1.82) is 0 Å². The fraction of sp³-hybridized carbons (Fsp3) is 0.632. The molecule has 1 aromatic carbocycles. The summed E-state index contributed by atoms with van der Waals surface area (Å²) in [6.45, 7) is 5.09. The van der Waals surface area contributed by atoms with Gasteiger partial charge in [0.1, 0.15) is 5.75 Å². The van der Waals surface area contributed by atoms with Crippen molar-refractivity contribution in [3.8, 4) is 5.75 Å². The van der Waals surface area contributed by atoms with Gasteiger partial charge in [-0.05, 0) is 62.3 Å². The predicted molar refractivity (Wildman–Crippen MR) is 91.8 cm³/mol. The van der Waals surface area contributed by atoms with E-state index in [2.05, 4.69) is 24.5 Å². The third kappa shape index (κ3) is 4.47. The second kappa shape index (κ2) is 7.35. The zero-order chi connectivity index (χ0) is 16.2. The highest BCUT2D eigenvalue weighted by molar-refractivity contribution is 5.94. The van der Waals surface area contributed by atoms with Gasteiger partial charge in [0.25, 0.3) is 5.91 Å². The zero-order valence-electron chi connectivity index (χ0n) is 14.2. The SMILES string of the molecule is CC(C)CCOc1ccc(C(=O)NC2CC3CCC(C2)N3)cc1. The Morgan fingerprint density at radius 3 is 2.48 bits per heavy atom. The number of rotatable bonds is 6. The molecule has 2 aliphatic heterocycles. The first kappa shape index (κ1) is 16.3. The van der Waals surface area contributed by atoms with Crippen molar-refractivity contribution < 1.29 is 9.53 Å². The Bertz CT molecular complexity index is 515. The van der Waals surface area contributed by atoms with Crippen LogP contribution in [-0.2, 0) is 0 Å². The number of benzene rings is 1. The van der Waals surface area contributed by atoms with Crippen LogP contribution in [-0.4, -0.2) is 30.6 Å². The Morgan fingerprint density at radius 1 is 1.22 bits per heavy atom. The number of carbonyl (C=O) groups excluding carboxylic acids is 1. The Hall–Kier alpha value is -1.55. The van der Waals surface area contributed by atoms with E-state index in [-0.39, 0.29) is 5.91 Å². The lowest BCUT2D eigenvalue weighted by molar-refractivity contribution is 0.0924. The van der Waals surface area contributed by atoms with Crippen molar-refractivity contribution in [3.63, 3.8) is 0 Å². The van der Waals surface area contributed by atoms with E-state index in [1.165, 1.54) is 12.8 Å². The molecule has 126 valence electrons. The Kier molecular flexibility index (Phi) is 5.21. The van der Waals surface area contributed by atoms with Crippen molar-refractivity contribution in [1.82, 2.24) is 10.6 Å². The zero-order valence-corrected chi connectivity index (χ0v) is 14.2. The van der Waals surface area contributed by atoms with Gasteiger partial charge in [0.2, 0.25) is 0 Å². The molecule has 4 heteroatoms. The summed E-state index contributed by atoms with van der Waals surface area (Å²) in [5, 5.41) is 6.79. The summed E-state index contributed by atoms with van der Waals surface area (Å²) in [4.78, 5) is 12.4. The maximum absolute atomic E-state index is 12.4. The monoisotopic (exact) mass is 316 g/mol. The number of nitrogens with one attached hydrogen (secondary N) is 2. The van der Waals surface area contributed by atoms with Gasteiger partial charge < -0.3 is 15.4 Å². The van der Waals surface area contributed by atoms with Crippen molar-refractivity contribution in [2.75, 3.05) is 6.61 Å². The van der Waals surface area contributed by atoms with Gasteiger partial charge in [0.05, 0.1) is 6.61 Å². The number of hydrogen-bond donors (Lipinski definition) is 2. The predicted octanol–water partition coefficient (Wildman–Crippen LogP) is 3.12. The van der Waals surface area contributed by atoms with Crippen LogP contribution in [0.2, 0.25) is 0 Å². The molecule has 2 N–H and O–H groups in total. The normalized spacial score (nSPS) is 26.3. The van der Waals surface area contributed by atoms with E-state index in [1.54, 1.807) is 0 Å². The summed E-state index contributed by atoms with van der Waals surface area (Å²) in [7, 11) is 0. The van der Waals surface area contributed by atoms with Crippen LogP contribution in [0.1, 0.15) is 56.3 Å². The molecule has 2 atom stereocenters. The Morgan fingerprint density at radius 2 is 1.87 bits per heavy atom. The van der Waals surface area contributed by atoms with Crippen molar-refractivity contribution in [3.05, 3.63) is 29.8 Å². The lowest BCUT2D eigenvalue weighted by Gasteiger charge is -2.29. The van der Waals surface area contributed by atoms with E-state index in [0.29, 0.717) is 29.6 Å². The number of hydrogen-bond acceptors (Lipinski definition) is 3. The molecule has 0 saturated carbocycles. The summed E-state index contributed by atoms with van der Waals surface area (Å²) in [6, 6.07) is 8.99. The van der Waals surface area contributed by atoms with Crippen LogP contribution >= 0.6 is 0 Å². The van der Waals surface area contributed by atoms with E-state index in [1.807, 2.05) is 24.3 Å². The molecule has 2 heterocycles. The first-order valence-corrected chi connectivity index (χ1v) is 8.90. The lowest BCUT2D eigenvalue weighted by Crippen LogP contribution is -2.48. The topological polar surface area (TPSA) is 50.4 Å². The van der Waals surface area contributed by atoms with Crippen LogP contribution in [0.5, 0.6) is 5.75 Å². The minimum absolute atomic E-state index is 0.0324. The van der Waals surface area contributed by atoms with Crippen LogP contribution in [0.3, 0.4) is 0 Å². The van der Waals surface area contributed by atoms with Gasteiger partial charge in [0.15, 0.2) is 0 Å². The molecule has 4 nitrogen and oxygen atoms in total. The second-order valence-electron chi connectivity index (χ2n) is 7.34. The molecule has 0 aromatic heterocycles. The first-order valence-electron chi connectivity index (χ1n) is 8.90. The van der Waals surface area contributed by atoms with Crippen molar-refractivity contribution >= 4 is 5.91 Å². The molecule has 1 amide bonds. The van der Waals surface area contributed by atoms with Gasteiger partial charge in [-0.2, -0.15) is 0 Å². The molecule has 2 saturated heterocycles. The highest BCUT2D eigenvalue weighted by Gasteiger charge is 2.34. The smallest absolute Gasteiger partial charge is 0.251 e. The standard InChI is InChI=1S/C19H28N2O2/c1-13(2)9-10-23-18-7-3-14(4-8-18)19(22)21-17-11-15-5-6-16(12-17)20-15/h3-4,7-8,13,15-17,20H,5-6,9-12H2,1-2H3,(H,21,22). The minimum atomic E-state index is 0.0324. The van der Waals surface area contributed by atoms with Crippen LogP contribution in [0, 0.1) is 5.92 Å². The molecule has 23 heavy (non-hydrogen) atoms. The van der Waals surface area contributed by atoms with E-state index >= 15 is 0 Å². The molecular formula is C19H28N2O2. The van der Waals surface area contributed by atoms with Gasteiger partial charge in [0, 0.05) is 23.7 Å². The van der Waals surface area contributed by atoms with Gasteiger partial charge in [-0.1, -0.05) is 13.8 Å². The van der Waals surface area contributed by atoms with Crippen LogP contribution in [0.15, 0.2) is 24.3 Å². The molecule has 3 rings (SSSR count). The van der Waals surface area contributed by atoms with E-state index < -0.39 is 0 Å². The van der Waals surface area contributed by atoms with Gasteiger partial charge in [-0.15, -0.1) is 0 Å². The summed E-state index contributed by atoms with van der Waals surface area (Å²) >= 11 is 0. The summed E-state index contributed by atoms with van der Waals surface area (Å²) in [5.41, 5.74) is 0.715. The second-order valence-corrected chi connectivity index (χ2v) is 7.34. The van der Waals surface area contributed by atoms with Gasteiger partial charge >= 0.3 is 0 Å². The maximum atomic E-state index is 12.4. The molecule has 0 spiro atoms. The van der Waals surface area contributed by atoms with Crippen molar-refractivity contribution in [2.24, 2.45) is 5.92 Å². The molecule has 0 radical (unpaired) electrons. The average molecular weight is 316 g/mol. The lowest BCUT2D eigenvalue weighted by atomic mass is 9.99. The number of carbonyl (C=O) groups is 1. The van der Waals surface area contributed by atoms with Crippen molar-refractivity contribution in [2.45, 2.75) is 64.1 Å². The van der Waals surface area contributed by atoms with Gasteiger partial charge in [-0.25, -0.2) is 0 Å². The minimum Gasteiger partial charge on any atom is -0.494 e. The fourth-order valence-corrected chi connectivity index (χ4v) is 3.56. The van der Waals surface area contributed by atoms with Gasteiger partial charge in [-0.3, -0.25) is 4.79 Å². The van der Waals surface area contributed by atoms with E-state index in [9.17, 15) is 4.79 Å². The largest absolute Gasteiger partial charge is 0.494 e. The molecule has 2 fully saturated rings. The van der Waals surface area contributed by atoms with Crippen LogP contribution in [0.4, 0.5) is 0 Å². The number of amides is 1.